The molecule has 0 unspecified atom stereocenters. The van der Waals surface area contributed by atoms with Crippen LogP contribution in [0.5, 0.6) is 0 Å². The number of carboxylic acids is 1. The van der Waals surface area contributed by atoms with E-state index in [0.29, 0.717) is 41.8 Å². The molecular formula is C31H30N2O4S. The number of hydrogen-bond acceptors (Lipinski definition) is 4. The van der Waals surface area contributed by atoms with Crippen LogP contribution < -0.4 is 5.32 Å². The average molecular weight is 527 g/mol. The van der Waals surface area contributed by atoms with Crippen LogP contribution in [0.4, 0.5) is 0 Å². The summed E-state index contributed by atoms with van der Waals surface area (Å²) in [6.45, 7) is 2.92. The summed E-state index contributed by atoms with van der Waals surface area (Å²) < 4.78 is 0. The first-order chi connectivity index (χ1) is 18.4. The molecular weight excluding hydrogens is 496 g/mol. The normalized spacial score (nSPS) is 10.7. The van der Waals surface area contributed by atoms with Crippen molar-refractivity contribution in [1.29, 1.82) is 0 Å². The van der Waals surface area contributed by atoms with Crippen molar-refractivity contribution >= 4 is 29.1 Å². The highest BCUT2D eigenvalue weighted by Crippen LogP contribution is 2.28. The van der Waals surface area contributed by atoms with E-state index in [0.717, 1.165) is 16.0 Å². The van der Waals surface area contributed by atoms with Gasteiger partial charge in [0.1, 0.15) is 0 Å². The van der Waals surface area contributed by atoms with Gasteiger partial charge in [0.2, 0.25) is 0 Å². The quantitative estimate of drug-likeness (QED) is 0.258. The van der Waals surface area contributed by atoms with Crippen molar-refractivity contribution in [3.05, 3.63) is 117 Å². The second-order valence-electron chi connectivity index (χ2n) is 8.97. The van der Waals surface area contributed by atoms with E-state index in [-0.39, 0.29) is 24.8 Å². The van der Waals surface area contributed by atoms with Crippen LogP contribution >= 0.6 is 11.3 Å². The molecule has 7 heteroatoms. The molecule has 0 radical (unpaired) electrons. The number of nitrogens with one attached hydrogen (secondary N) is 1. The fourth-order valence-corrected chi connectivity index (χ4v) is 5.00. The number of carbonyl (C=O) groups excluding carboxylic acids is 2. The second kappa shape index (κ2) is 12.8. The van der Waals surface area contributed by atoms with Crippen molar-refractivity contribution in [3.63, 3.8) is 0 Å². The van der Waals surface area contributed by atoms with Crippen molar-refractivity contribution < 1.29 is 19.5 Å². The van der Waals surface area contributed by atoms with Gasteiger partial charge in [0, 0.05) is 29.1 Å². The number of nitrogens with zero attached hydrogens (tertiary/aromatic N) is 1. The molecule has 0 spiro atoms. The molecule has 3 aromatic carbocycles. The third kappa shape index (κ3) is 6.75. The minimum absolute atomic E-state index is 0.0946. The minimum atomic E-state index is -0.959. The molecule has 0 fully saturated rings. The lowest BCUT2D eigenvalue weighted by Crippen LogP contribution is -2.35. The summed E-state index contributed by atoms with van der Waals surface area (Å²) in [6.07, 6.45) is 0.464. The predicted molar refractivity (Wildman–Crippen MR) is 150 cm³/mol. The highest BCUT2D eigenvalue weighted by molar-refractivity contribution is 7.09. The number of benzene rings is 3. The molecule has 38 heavy (non-hydrogen) atoms. The van der Waals surface area contributed by atoms with Gasteiger partial charge in [-0.15, -0.1) is 11.3 Å². The number of thiophene rings is 1. The first kappa shape index (κ1) is 26.8. The Bertz CT molecular complexity index is 1410. The Morgan fingerprint density at radius 3 is 2.16 bits per heavy atom. The van der Waals surface area contributed by atoms with Crippen molar-refractivity contribution in [2.45, 2.75) is 26.3 Å². The largest absolute Gasteiger partial charge is 0.481 e. The fourth-order valence-electron chi connectivity index (χ4n) is 4.36. The van der Waals surface area contributed by atoms with E-state index < -0.39 is 5.97 Å². The molecule has 4 rings (SSSR count). The van der Waals surface area contributed by atoms with Gasteiger partial charge in [0.25, 0.3) is 11.8 Å². The molecule has 194 valence electrons. The van der Waals surface area contributed by atoms with Crippen LogP contribution in [0.3, 0.4) is 0 Å². The number of amides is 2. The molecule has 0 aliphatic heterocycles. The minimum Gasteiger partial charge on any atom is -0.481 e. The summed E-state index contributed by atoms with van der Waals surface area (Å²) in [7, 11) is 0. The first-order valence-corrected chi connectivity index (χ1v) is 13.4. The van der Waals surface area contributed by atoms with Crippen molar-refractivity contribution in [2.75, 3.05) is 13.1 Å². The van der Waals surface area contributed by atoms with Gasteiger partial charge in [-0.2, -0.15) is 0 Å². The summed E-state index contributed by atoms with van der Waals surface area (Å²) >= 11 is 1.57. The van der Waals surface area contributed by atoms with Gasteiger partial charge in [0.05, 0.1) is 13.0 Å². The molecule has 0 saturated heterocycles. The molecule has 0 atom stereocenters. The van der Waals surface area contributed by atoms with Gasteiger partial charge >= 0.3 is 5.97 Å². The maximum atomic E-state index is 13.9. The zero-order valence-corrected chi connectivity index (χ0v) is 22.0. The van der Waals surface area contributed by atoms with Crippen molar-refractivity contribution in [3.8, 4) is 11.1 Å². The van der Waals surface area contributed by atoms with E-state index in [1.54, 1.807) is 40.5 Å². The number of carboxylic acid groups (broad SMARTS) is 1. The zero-order valence-electron chi connectivity index (χ0n) is 21.2. The highest BCUT2D eigenvalue weighted by atomic mass is 32.1. The van der Waals surface area contributed by atoms with Crippen molar-refractivity contribution in [1.82, 2.24) is 10.2 Å². The van der Waals surface area contributed by atoms with Crippen LogP contribution in [0.1, 0.15) is 43.1 Å². The van der Waals surface area contributed by atoms with E-state index in [1.165, 1.54) is 0 Å². The van der Waals surface area contributed by atoms with Crippen LogP contribution in [-0.2, 0) is 17.8 Å². The second-order valence-corrected chi connectivity index (χ2v) is 10.00. The number of aliphatic carboxylic acids is 1. The van der Waals surface area contributed by atoms with Gasteiger partial charge in [-0.1, -0.05) is 66.7 Å². The van der Waals surface area contributed by atoms with Gasteiger partial charge in [0.15, 0.2) is 0 Å². The molecule has 2 amide bonds. The Balaban J connectivity index is 1.62. The standard InChI is InChI=1S/C31H30N2O4S/c1-22-9-2-3-10-23(22)16-18-33(19-17-29(34)35)31(37)28-15-7-5-13-26(28)25-12-4-6-14-27(25)30(36)32-21-24-11-8-20-38-24/h2-15,20H,16-19,21H2,1H3,(H,32,36)(H,34,35). The maximum Gasteiger partial charge on any atom is 0.305 e. The SMILES string of the molecule is Cc1ccccc1CCN(CCC(=O)O)C(=O)c1ccccc1-c1ccccc1C(=O)NCc1cccs1. The molecule has 0 saturated carbocycles. The molecule has 0 aliphatic carbocycles. The molecule has 2 N–H and O–H groups in total. The van der Waals surface area contributed by atoms with E-state index >= 15 is 0 Å². The Morgan fingerprint density at radius 1 is 0.816 bits per heavy atom. The summed E-state index contributed by atoms with van der Waals surface area (Å²) in [5.41, 5.74) is 4.43. The van der Waals surface area contributed by atoms with Crippen molar-refractivity contribution in [2.24, 2.45) is 0 Å². The molecule has 6 nitrogen and oxygen atoms in total. The Morgan fingerprint density at radius 2 is 1.47 bits per heavy atom. The zero-order chi connectivity index (χ0) is 26.9. The monoisotopic (exact) mass is 526 g/mol. The molecule has 1 heterocycles. The van der Waals surface area contributed by atoms with Crippen LogP contribution in [0, 0.1) is 6.92 Å². The van der Waals surface area contributed by atoms with E-state index in [4.69, 9.17) is 0 Å². The number of aryl methyl sites for hydroxylation is 1. The van der Waals surface area contributed by atoms with Crippen LogP contribution in [0.2, 0.25) is 0 Å². The smallest absolute Gasteiger partial charge is 0.305 e. The maximum absolute atomic E-state index is 13.9. The van der Waals surface area contributed by atoms with E-state index in [2.05, 4.69) is 5.32 Å². The van der Waals surface area contributed by atoms with Gasteiger partial charge < -0.3 is 15.3 Å². The third-order valence-corrected chi connectivity index (χ3v) is 7.29. The van der Waals surface area contributed by atoms with Crippen LogP contribution in [0.15, 0.2) is 90.3 Å². The van der Waals surface area contributed by atoms with E-state index in [9.17, 15) is 19.5 Å². The summed E-state index contributed by atoms with van der Waals surface area (Å²) in [5.74, 6) is -1.44. The van der Waals surface area contributed by atoms with Gasteiger partial charge in [-0.05, 0) is 59.2 Å². The highest BCUT2D eigenvalue weighted by Gasteiger charge is 2.22. The predicted octanol–water partition coefficient (Wildman–Crippen LogP) is 5.81. The summed E-state index contributed by atoms with van der Waals surface area (Å²) in [6, 6.07) is 26.3. The number of rotatable bonds is 11. The van der Waals surface area contributed by atoms with E-state index in [1.807, 2.05) is 73.0 Å². The van der Waals surface area contributed by atoms with Crippen LogP contribution in [0.25, 0.3) is 11.1 Å². The lowest BCUT2D eigenvalue weighted by molar-refractivity contribution is -0.137. The lowest BCUT2D eigenvalue weighted by Gasteiger charge is -2.24. The topological polar surface area (TPSA) is 86.7 Å². The number of carbonyl (C=O) groups is 3. The molecule has 1 aromatic heterocycles. The van der Waals surface area contributed by atoms with Gasteiger partial charge in [-0.3, -0.25) is 14.4 Å². The third-order valence-electron chi connectivity index (χ3n) is 6.42. The van der Waals surface area contributed by atoms with Gasteiger partial charge in [-0.25, -0.2) is 0 Å². The summed E-state index contributed by atoms with van der Waals surface area (Å²) in [4.78, 5) is 41.0. The molecule has 4 aromatic rings. The summed E-state index contributed by atoms with van der Waals surface area (Å²) in [5, 5.41) is 14.2. The first-order valence-electron chi connectivity index (χ1n) is 12.5. The lowest BCUT2D eigenvalue weighted by atomic mass is 9.94. The number of hydrogen-bond donors (Lipinski definition) is 2. The Hall–Kier alpha value is -4.23. The van der Waals surface area contributed by atoms with Crippen LogP contribution in [-0.4, -0.2) is 40.9 Å². The average Bonchev–Trinajstić information content (AvgIpc) is 3.46. The molecule has 0 bridgehead atoms. The Labute approximate surface area is 226 Å². The molecule has 0 aliphatic rings. The Kier molecular flexibility index (Phi) is 9.06. The fraction of sp³-hybridized carbons (Fsp3) is 0.194.